The topological polar surface area (TPSA) is 70.8 Å². The summed E-state index contributed by atoms with van der Waals surface area (Å²) in [5.74, 6) is -0.215. The van der Waals surface area contributed by atoms with Gasteiger partial charge in [-0.1, -0.05) is 23.7 Å². The Morgan fingerprint density at radius 2 is 2.18 bits per heavy atom. The van der Waals surface area contributed by atoms with Gasteiger partial charge >= 0.3 is 6.09 Å². The van der Waals surface area contributed by atoms with Gasteiger partial charge in [-0.05, 0) is 43.9 Å². The van der Waals surface area contributed by atoms with Crippen LogP contribution in [0.5, 0.6) is 0 Å². The number of rotatable bonds is 5. The van der Waals surface area contributed by atoms with Crippen LogP contribution in [0.4, 0.5) is 4.79 Å². The molecular weight excluding hydrogens is 306 g/mol. The maximum absolute atomic E-state index is 11.3. The van der Waals surface area contributed by atoms with Crippen LogP contribution >= 0.6 is 11.6 Å². The molecule has 2 atom stereocenters. The van der Waals surface area contributed by atoms with Crippen LogP contribution in [0.2, 0.25) is 5.02 Å². The molecule has 1 aliphatic carbocycles. The Morgan fingerprint density at radius 3 is 2.82 bits per heavy atom. The lowest BCUT2D eigenvalue weighted by Gasteiger charge is -2.42. The van der Waals surface area contributed by atoms with E-state index >= 15 is 0 Å². The van der Waals surface area contributed by atoms with Gasteiger partial charge in [0.25, 0.3) is 0 Å². The van der Waals surface area contributed by atoms with Crippen molar-refractivity contribution in [3.63, 3.8) is 0 Å². The first-order valence-electron chi connectivity index (χ1n) is 7.23. The van der Waals surface area contributed by atoms with Crippen LogP contribution < -0.4 is 5.73 Å². The van der Waals surface area contributed by atoms with E-state index < -0.39 is 11.7 Å². The highest BCUT2D eigenvalue weighted by atomic mass is 35.5. The number of hydrogen-bond acceptors (Lipinski definition) is 4. The van der Waals surface area contributed by atoms with E-state index in [1.165, 1.54) is 0 Å². The van der Waals surface area contributed by atoms with Gasteiger partial charge in [0.15, 0.2) is 0 Å². The second-order valence-corrected chi connectivity index (χ2v) is 6.37. The third-order valence-electron chi connectivity index (χ3n) is 4.04. The Hall–Kier alpha value is -1.30. The van der Waals surface area contributed by atoms with E-state index in [0.29, 0.717) is 5.02 Å². The van der Waals surface area contributed by atoms with Crippen LogP contribution in [-0.2, 0) is 20.6 Å². The molecule has 0 aromatic heterocycles. The number of benzene rings is 1. The van der Waals surface area contributed by atoms with Crippen molar-refractivity contribution in [1.29, 1.82) is 0 Å². The first kappa shape index (κ1) is 17.1. The molecule has 0 heterocycles. The standard InChI is InChI=1S/C16H22ClNO4/c1-16(2,22-15(18)19)14-12(21-9-20-3)8-7-10-5-4-6-11(17)13(10)14/h4-6,12,14H,7-9H2,1-3H3,(H2,18,19)/t12-,14-/m1/s1. The molecule has 6 heteroatoms. The minimum absolute atomic E-state index is 0.165. The Bertz CT molecular complexity index is 547. The molecule has 22 heavy (non-hydrogen) atoms. The summed E-state index contributed by atoms with van der Waals surface area (Å²) in [6, 6.07) is 5.81. The average molecular weight is 328 g/mol. The summed E-state index contributed by atoms with van der Waals surface area (Å²) in [6.07, 6.45) is 0.678. The molecule has 0 unspecified atom stereocenters. The van der Waals surface area contributed by atoms with Gasteiger partial charge in [0, 0.05) is 12.1 Å². The number of methoxy groups -OCH3 is 1. The largest absolute Gasteiger partial charge is 0.443 e. The molecular formula is C16H22ClNO4. The van der Waals surface area contributed by atoms with Crippen molar-refractivity contribution >= 4 is 17.7 Å². The SMILES string of the molecule is COCO[C@@H]1CCc2cccc(Cl)c2[C@@H]1C(C)(C)OC(N)=O. The quantitative estimate of drug-likeness (QED) is 0.843. The number of nitrogens with two attached hydrogens (primary N) is 1. The average Bonchev–Trinajstić information content (AvgIpc) is 2.43. The number of fused-ring (bicyclic) bond motifs is 1. The van der Waals surface area contributed by atoms with Crippen LogP contribution in [0.3, 0.4) is 0 Å². The van der Waals surface area contributed by atoms with Crippen LogP contribution in [0.1, 0.15) is 37.3 Å². The van der Waals surface area contributed by atoms with E-state index in [2.05, 4.69) is 0 Å². The van der Waals surface area contributed by atoms with Crippen molar-refractivity contribution in [2.45, 2.75) is 44.3 Å². The van der Waals surface area contributed by atoms with E-state index in [9.17, 15) is 4.79 Å². The molecule has 2 rings (SSSR count). The van der Waals surface area contributed by atoms with Crippen molar-refractivity contribution in [2.75, 3.05) is 13.9 Å². The molecule has 5 nitrogen and oxygen atoms in total. The summed E-state index contributed by atoms with van der Waals surface area (Å²) in [5.41, 5.74) is 6.50. The number of halogens is 1. The maximum atomic E-state index is 11.3. The zero-order chi connectivity index (χ0) is 16.3. The summed E-state index contributed by atoms with van der Waals surface area (Å²) in [7, 11) is 1.57. The van der Waals surface area contributed by atoms with Gasteiger partial charge in [-0.2, -0.15) is 0 Å². The molecule has 0 bridgehead atoms. The number of ether oxygens (including phenoxy) is 3. The molecule has 1 aliphatic rings. The minimum atomic E-state index is -0.843. The van der Waals surface area contributed by atoms with Gasteiger partial charge < -0.3 is 19.9 Å². The highest BCUT2D eigenvalue weighted by Gasteiger charge is 2.44. The molecule has 0 radical (unpaired) electrons. The summed E-state index contributed by atoms with van der Waals surface area (Å²) in [6.45, 7) is 3.82. The van der Waals surface area contributed by atoms with Crippen molar-refractivity contribution in [3.8, 4) is 0 Å². The zero-order valence-corrected chi connectivity index (χ0v) is 13.9. The normalized spacial score (nSPS) is 21.3. The van der Waals surface area contributed by atoms with E-state index in [1.54, 1.807) is 7.11 Å². The molecule has 0 aliphatic heterocycles. The maximum Gasteiger partial charge on any atom is 0.405 e. The minimum Gasteiger partial charge on any atom is -0.443 e. The van der Waals surface area contributed by atoms with Crippen molar-refractivity contribution < 1.29 is 19.0 Å². The van der Waals surface area contributed by atoms with Gasteiger partial charge in [-0.15, -0.1) is 0 Å². The molecule has 0 saturated carbocycles. The monoisotopic (exact) mass is 327 g/mol. The van der Waals surface area contributed by atoms with Crippen LogP contribution in [0.25, 0.3) is 0 Å². The third-order valence-corrected chi connectivity index (χ3v) is 4.37. The Labute approximate surface area is 135 Å². The molecule has 1 amide bonds. The Kier molecular flexibility index (Phi) is 5.32. The Morgan fingerprint density at radius 1 is 1.45 bits per heavy atom. The fourth-order valence-electron chi connectivity index (χ4n) is 3.25. The van der Waals surface area contributed by atoms with Gasteiger partial charge in [0.2, 0.25) is 0 Å². The molecule has 122 valence electrons. The Balaban J connectivity index is 2.44. The van der Waals surface area contributed by atoms with E-state index in [-0.39, 0.29) is 18.8 Å². The molecule has 2 N–H and O–H groups in total. The lowest BCUT2D eigenvalue weighted by atomic mass is 9.72. The van der Waals surface area contributed by atoms with Crippen molar-refractivity contribution in [1.82, 2.24) is 0 Å². The first-order chi connectivity index (χ1) is 10.4. The van der Waals surface area contributed by atoms with E-state index in [4.69, 9.17) is 31.5 Å². The smallest absolute Gasteiger partial charge is 0.405 e. The second kappa shape index (κ2) is 6.86. The van der Waals surface area contributed by atoms with Crippen LogP contribution in [-0.4, -0.2) is 31.7 Å². The number of hydrogen-bond donors (Lipinski definition) is 1. The fraction of sp³-hybridized carbons (Fsp3) is 0.562. The predicted molar refractivity (Wildman–Crippen MR) is 84.0 cm³/mol. The first-order valence-corrected chi connectivity index (χ1v) is 7.61. The van der Waals surface area contributed by atoms with Gasteiger partial charge in [-0.25, -0.2) is 4.79 Å². The summed E-state index contributed by atoms with van der Waals surface area (Å²) in [4.78, 5) is 11.3. The van der Waals surface area contributed by atoms with Gasteiger partial charge in [-0.3, -0.25) is 0 Å². The number of aryl methyl sites for hydroxylation is 1. The molecule has 0 spiro atoms. The third kappa shape index (κ3) is 3.54. The molecule has 0 fully saturated rings. The van der Waals surface area contributed by atoms with E-state index in [0.717, 1.165) is 24.0 Å². The summed E-state index contributed by atoms with van der Waals surface area (Å²) in [5, 5.41) is 0.648. The number of carbonyl (C=O) groups excluding carboxylic acids is 1. The lowest BCUT2D eigenvalue weighted by Crippen LogP contribution is -2.46. The zero-order valence-electron chi connectivity index (χ0n) is 13.1. The van der Waals surface area contributed by atoms with E-state index in [1.807, 2.05) is 32.0 Å². The number of amides is 1. The van der Waals surface area contributed by atoms with Crippen LogP contribution in [0.15, 0.2) is 18.2 Å². The summed E-state index contributed by atoms with van der Waals surface area (Å²) < 4.78 is 16.2. The molecule has 1 aromatic carbocycles. The predicted octanol–water partition coefficient (Wildman–Crippen LogP) is 3.23. The van der Waals surface area contributed by atoms with Crippen molar-refractivity contribution in [2.24, 2.45) is 5.73 Å². The van der Waals surface area contributed by atoms with Gasteiger partial charge in [0.1, 0.15) is 12.4 Å². The van der Waals surface area contributed by atoms with Crippen molar-refractivity contribution in [3.05, 3.63) is 34.3 Å². The fourth-order valence-corrected chi connectivity index (χ4v) is 3.56. The van der Waals surface area contributed by atoms with Gasteiger partial charge in [0.05, 0.1) is 12.0 Å². The number of primary amides is 1. The highest BCUT2D eigenvalue weighted by Crippen LogP contribution is 2.45. The number of carbonyl (C=O) groups is 1. The second-order valence-electron chi connectivity index (χ2n) is 5.97. The lowest BCUT2D eigenvalue weighted by molar-refractivity contribution is -0.113. The summed E-state index contributed by atoms with van der Waals surface area (Å²) >= 11 is 6.42. The molecule has 0 saturated heterocycles. The van der Waals surface area contributed by atoms with Crippen LogP contribution in [0, 0.1) is 0 Å². The molecule has 1 aromatic rings. The highest BCUT2D eigenvalue weighted by molar-refractivity contribution is 6.31.